The van der Waals surface area contributed by atoms with Crippen molar-refractivity contribution in [2.75, 3.05) is 11.9 Å². The lowest BCUT2D eigenvalue weighted by atomic mass is 10.2. The van der Waals surface area contributed by atoms with Crippen molar-refractivity contribution in [3.8, 4) is 0 Å². The number of anilines is 1. The Bertz CT molecular complexity index is 522. The van der Waals surface area contributed by atoms with Crippen LogP contribution >= 0.6 is 11.6 Å². The monoisotopic (exact) mass is 259 g/mol. The van der Waals surface area contributed by atoms with Crippen molar-refractivity contribution in [2.45, 2.75) is 6.54 Å². The standard InChI is InChI=1S/C15H14ClNO/c1-17(11-12-5-3-2-4-6-12)14-9-7-13(8-10-14)15(16)18/h2-10H,11H2,1H3. The largest absolute Gasteiger partial charge is 0.370 e. The van der Waals surface area contributed by atoms with E-state index in [-0.39, 0.29) is 0 Å². The van der Waals surface area contributed by atoms with Crippen LogP contribution in [0, 0.1) is 0 Å². The van der Waals surface area contributed by atoms with Crippen LogP contribution in [0.4, 0.5) is 5.69 Å². The van der Waals surface area contributed by atoms with Gasteiger partial charge in [0, 0.05) is 24.8 Å². The summed E-state index contributed by atoms with van der Waals surface area (Å²) in [5.41, 5.74) is 2.83. The zero-order valence-corrected chi connectivity index (χ0v) is 10.9. The van der Waals surface area contributed by atoms with Crippen LogP contribution in [0.25, 0.3) is 0 Å². The second kappa shape index (κ2) is 5.69. The minimum absolute atomic E-state index is 0.424. The van der Waals surface area contributed by atoms with Crippen LogP contribution in [-0.4, -0.2) is 12.3 Å². The normalized spacial score (nSPS) is 10.1. The van der Waals surface area contributed by atoms with Crippen LogP contribution in [0.2, 0.25) is 0 Å². The highest BCUT2D eigenvalue weighted by molar-refractivity contribution is 6.67. The zero-order valence-electron chi connectivity index (χ0n) is 10.1. The van der Waals surface area contributed by atoms with Crippen LogP contribution in [0.1, 0.15) is 15.9 Å². The number of carbonyl (C=O) groups excluding carboxylic acids is 1. The number of hydrogen-bond acceptors (Lipinski definition) is 2. The van der Waals surface area contributed by atoms with Crippen LogP contribution in [-0.2, 0) is 6.54 Å². The molecular formula is C15H14ClNO. The van der Waals surface area contributed by atoms with E-state index in [1.165, 1.54) is 5.56 Å². The van der Waals surface area contributed by atoms with Crippen LogP contribution in [0.15, 0.2) is 54.6 Å². The molecule has 2 aromatic carbocycles. The summed E-state index contributed by atoms with van der Waals surface area (Å²) < 4.78 is 0. The smallest absolute Gasteiger partial charge is 0.252 e. The first kappa shape index (κ1) is 12.7. The Morgan fingerprint density at radius 1 is 1.06 bits per heavy atom. The van der Waals surface area contributed by atoms with Crippen molar-refractivity contribution >= 4 is 22.5 Å². The molecular weight excluding hydrogens is 246 g/mol. The Morgan fingerprint density at radius 2 is 1.67 bits per heavy atom. The van der Waals surface area contributed by atoms with Gasteiger partial charge < -0.3 is 4.90 Å². The van der Waals surface area contributed by atoms with Gasteiger partial charge in [0.15, 0.2) is 0 Å². The van der Waals surface area contributed by atoms with E-state index in [1.54, 1.807) is 12.1 Å². The maximum Gasteiger partial charge on any atom is 0.252 e. The molecule has 0 radical (unpaired) electrons. The number of nitrogens with zero attached hydrogens (tertiary/aromatic N) is 1. The lowest BCUT2D eigenvalue weighted by Gasteiger charge is -2.19. The molecule has 3 heteroatoms. The Hall–Kier alpha value is -1.80. The maximum atomic E-state index is 11.0. The zero-order chi connectivity index (χ0) is 13.0. The molecule has 0 aliphatic rings. The van der Waals surface area contributed by atoms with E-state index in [4.69, 9.17) is 11.6 Å². The summed E-state index contributed by atoms with van der Waals surface area (Å²) in [4.78, 5) is 13.1. The van der Waals surface area contributed by atoms with Gasteiger partial charge in [-0.05, 0) is 41.4 Å². The van der Waals surface area contributed by atoms with Gasteiger partial charge in [0.1, 0.15) is 0 Å². The SMILES string of the molecule is CN(Cc1ccccc1)c1ccc(C(=O)Cl)cc1. The highest BCUT2D eigenvalue weighted by Gasteiger charge is 2.04. The Morgan fingerprint density at radius 3 is 2.22 bits per heavy atom. The van der Waals surface area contributed by atoms with Gasteiger partial charge in [0.05, 0.1) is 0 Å². The number of rotatable bonds is 4. The van der Waals surface area contributed by atoms with Crippen LogP contribution in [0.5, 0.6) is 0 Å². The average Bonchev–Trinajstić information content (AvgIpc) is 2.40. The molecule has 0 spiro atoms. The molecule has 2 nitrogen and oxygen atoms in total. The first-order chi connectivity index (χ1) is 8.66. The molecule has 0 aromatic heterocycles. The predicted molar refractivity (Wildman–Crippen MR) is 75.2 cm³/mol. The van der Waals surface area contributed by atoms with Gasteiger partial charge in [0.2, 0.25) is 0 Å². The molecule has 0 unspecified atom stereocenters. The fourth-order valence-electron chi connectivity index (χ4n) is 1.80. The molecule has 0 aliphatic heterocycles. The average molecular weight is 260 g/mol. The van der Waals surface area contributed by atoms with Crippen LogP contribution < -0.4 is 4.90 Å². The lowest BCUT2D eigenvalue weighted by molar-refractivity contribution is 0.108. The summed E-state index contributed by atoms with van der Waals surface area (Å²) >= 11 is 5.41. The molecule has 92 valence electrons. The third-order valence-corrected chi connectivity index (χ3v) is 3.02. The van der Waals surface area contributed by atoms with Crippen molar-refractivity contribution in [1.29, 1.82) is 0 Å². The number of halogens is 1. The summed E-state index contributed by atoms with van der Waals surface area (Å²) in [5.74, 6) is 0. The van der Waals surface area contributed by atoms with Gasteiger partial charge >= 0.3 is 0 Å². The summed E-state index contributed by atoms with van der Waals surface area (Å²) in [6.07, 6.45) is 0. The molecule has 2 aromatic rings. The molecule has 0 bridgehead atoms. The van der Waals surface area contributed by atoms with Crippen molar-refractivity contribution in [3.05, 3.63) is 65.7 Å². The highest BCUT2D eigenvalue weighted by Crippen LogP contribution is 2.17. The van der Waals surface area contributed by atoms with E-state index in [9.17, 15) is 4.79 Å². The highest BCUT2D eigenvalue weighted by atomic mass is 35.5. The molecule has 0 saturated carbocycles. The number of hydrogen-bond donors (Lipinski definition) is 0. The summed E-state index contributed by atoms with van der Waals surface area (Å²) in [6.45, 7) is 0.828. The molecule has 0 N–H and O–H groups in total. The third kappa shape index (κ3) is 3.11. The quantitative estimate of drug-likeness (QED) is 0.781. The van der Waals surface area contributed by atoms with E-state index < -0.39 is 5.24 Å². The first-order valence-corrected chi connectivity index (χ1v) is 6.09. The fraction of sp³-hybridized carbons (Fsp3) is 0.133. The lowest BCUT2D eigenvalue weighted by Crippen LogP contribution is -2.16. The van der Waals surface area contributed by atoms with Crippen molar-refractivity contribution in [3.63, 3.8) is 0 Å². The number of carbonyl (C=O) groups is 1. The molecule has 0 fully saturated rings. The van der Waals surface area contributed by atoms with Gasteiger partial charge in [0.25, 0.3) is 5.24 Å². The molecule has 0 saturated heterocycles. The molecule has 2 rings (SSSR count). The third-order valence-electron chi connectivity index (χ3n) is 2.80. The van der Waals surface area contributed by atoms with E-state index in [1.807, 2.05) is 37.4 Å². The topological polar surface area (TPSA) is 20.3 Å². The summed E-state index contributed by atoms with van der Waals surface area (Å²) in [5, 5.41) is -0.424. The minimum Gasteiger partial charge on any atom is -0.370 e. The molecule has 18 heavy (non-hydrogen) atoms. The number of benzene rings is 2. The Kier molecular flexibility index (Phi) is 4.00. The molecule has 0 atom stereocenters. The van der Waals surface area contributed by atoms with E-state index in [0.717, 1.165) is 12.2 Å². The van der Waals surface area contributed by atoms with Crippen molar-refractivity contribution < 1.29 is 4.79 Å². The van der Waals surface area contributed by atoms with Crippen molar-refractivity contribution in [2.24, 2.45) is 0 Å². The summed E-state index contributed by atoms with van der Waals surface area (Å²) in [6, 6.07) is 17.5. The second-order valence-electron chi connectivity index (χ2n) is 4.16. The summed E-state index contributed by atoms with van der Waals surface area (Å²) in [7, 11) is 2.02. The minimum atomic E-state index is -0.424. The predicted octanol–water partition coefficient (Wildman–Crippen LogP) is 3.70. The second-order valence-corrected chi connectivity index (χ2v) is 4.51. The Labute approximate surface area is 112 Å². The molecule has 0 amide bonds. The first-order valence-electron chi connectivity index (χ1n) is 5.72. The van der Waals surface area contributed by atoms with Gasteiger partial charge in [-0.15, -0.1) is 0 Å². The molecule has 0 aliphatic carbocycles. The van der Waals surface area contributed by atoms with Crippen molar-refractivity contribution in [1.82, 2.24) is 0 Å². The van der Waals surface area contributed by atoms with E-state index in [0.29, 0.717) is 5.56 Å². The van der Waals surface area contributed by atoms with Gasteiger partial charge in [-0.25, -0.2) is 0 Å². The fourth-order valence-corrected chi connectivity index (χ4v) is 1.92. The maximum absolute atomic E-state index is 11.0. The van der Waals surface area contributed by atoms with E-state index >= 15 is 0 Å². The van der Waals surface area contributed by atoms with Crippen LogP contribution in [0.3, 0.4) is 0 Å². The molecule has 0 heterocycles. The van der Waals surface area contributed by atoms with E-state index in [2.05, 4.69) is 17.0 Å². The van der Waals surface area contributed by atoms with Gasteiger partial charge in [-0.2, -0.15) is 0 Å². The van der Waals surface area contributed by atoms with Gasteiger partial charge in [-0.3, -0.25) is 4.79 Å². The van der Waals surface area contributed by atoms with Gasteiger partial charge in [-0.1, -0.05) is 30.3 Å². The Balaban J connectivity index is 2.09.